The van der Waals surface area contributed by atoms with Crippen LogP contribution in [0.3, 0.4) is 0 Å². The molecule has 1 aliphatic heterocycles. The highest BCUT2D eigenvalue weighted by Crippen LogP contribution is 2.35. The van der Waals surface area contributed by atoms with Crippen molar-refractivity contribution < 1.29 is 32.3 Å². The standard InChI is InChI=1S/C24H22F4N4O2S.C2H6.CH4O/c1-3-18(12-29-2)32-22(33)21(35-23(32)34)9-14-4-7-20-16(8-14)11-30-31(20)13-15-5-6-17(25)10-19(15)24(26,27)28;2*1-2/h4-11,18,29H,3,12-13H2,1-2H3;1-2H3;2H,1H3/b21-9-;;/t18-;;/m1../s1. The third-order valence-corrected chi connectivity index (χ3v) is 6.64. The summed E-state index contributed by atoms with van der Waals surface area (Å²) in [7, 11) is 2.76. The van der Waals surface area contributed by atoms with Gasteiger partial charge in [-0.1, -0.05) is 32.9 Å². The number of aliphatic hydroxyl groups is 1. The highest BCUT2D eigenvalue weighted by molar-refractivity contribution is 8.18. The van der Waals surface area contributed by atoms with Gasteiger partial charge in [-0.15, -0.1) is 0 Å². The zero-order chi connectivity index (χ0) is 29.3. The maximum absolute atomic E-state index is 13.4. The van der Waals surface area contributed by atoms with Crippen LogP contribution in [0.5, 0.6) is 0 Å². The molecule has 0 aliphatic carbocycles. The Morgan fingerprint density at radius 3 is 2.44 bits per heavy atom. The molecule has 2 N–H and O–H groups in total. The fourth-order valence-corrected chi connectivity index (χ4v) is 4.93. The number of benzene rings is 2. The van der Waals surface area contributed by atoms with Gasteiger partial charge in [0.1, 0.15) is 5.82 Å². The van der Waals surface area contributed by atoms with Gasteiger partial charge in [-0.25, -0.2) is 4.39 Å². The van der Waals surface area contributed by atoms with E-state index < -0.39 is 17.6 Å². The lowest BCUT2D eigenvalue weighted by atomic mass is 10.1. The van der Waals surface area contributed by atoms with E-state index in [4.69, 9.17) is 5.11 Å². The van der Waals surface area contributed by atoms with E-state index in [1.54, 1.807) is 31.3 Å². The zero-order valence-corrected chi connectivity index (χ0v) is 23.2. The minimum atomic E-state index is -4.69. The summed E-state index contributed by atoms with van der Waals surface area (Å²) >= 11 is 0.876. The van der Waals surface area contributed by atoms with E-state index in [9.17, 15) is 27.2 Å². The average molecular weight is 569 g/mol. The smallest absolute Gasteiger partial charge is 0.400 e. The predicted octanol–water partition coefficient (Wildman–Crippen LogP) is 5.91. The van der Waals surface area contributed by atoms with Crippen molar-refractivity contribution >= 4 is 39.9 Å². The molecule has 0 unspecified atom stereocenters. The molecule has 2 amide bonds. The van der Waals surface area contributed by atoms with Crippen LogP contribution in [0.25, 0.3) is 17.0 Å². The molecule has 7 nitrogen and oxygen atoms in total. The topological polar surface area (TPSA) is 87.5 Å². The molecule has 2 aromatic carbocycles. The van der Waals surface area contributed by atoms with Crippen molar-refractivity contribution in [3.05, 3.63) is 70.0 Å². The SMILES string of the molecule is CC.CC[C@H](CNC)N1C(=O)S/C(=C\c2ccc3c(cnn3Cc3ccc(F)cc3C(F)(F)F)c2)C1=O.CO. The molecule has 2 heterocycles. The van der Waals surface area contributed by atoms with Crippen molar-refractivity contribution in [3.8, 4) is 0 Å². The second kappa shape index (κ2) is 14.2. The summed E-state index contributed by atoms with van der Waals surface area (Å²) in [6, 6.07) is 7.46. The van der Waals surface area contributed by atoms with Crippen molar-refractivity contribution in [3.63, 3.8) is 0 Å². The summed E-state index contributed by atoms with van der Waals surface area (Å²) in [6.07, 6.45) is -0.938. The molecule has 0 saturated carbocycles. The Balaban J connectivity index is 0.00000127. The van der Waals surface area contributed by atoms with Crippen molar-refractivity contribution in [1.82, 2.24) is 20.0 Å². The van der Waals surface area contributed by atoms with Crippen LogP contribution >= 0.6 is 11.8 Å². The lowest BCUT2D eigenvalue weighted by Crippen LogP contribution is -2.43. The van der Waals surface area contributed by atoms with E-state index in [-0.39, 0.29) is 29.3 Å². The molecule has 0 spiro atoms. The van der Waals surface area contributed by atoms with Crippen LogP contribution in [0.4, 0.5) is 22.4 Å². The number of halogens is 4. The minimum Gasteiger partial charge on any atom is -0.400 e. The van der Waals surface area contributed by atoms with Crippen LogP contribution in [0.1, 0.15) is 43.9 Å². The van der Waals surface area contributed by atoms with Gasteiger partial charge in [-0.05, 0) is 66.7 Å². The van der Waals surface area contributed by atoms with E-state index in [1.165, 1.54) is 15.8 Å². The highest BCUT2D eigenvalue weighted by Gasteiger charge is 2.39. The summed E-state index contributed by atoms with van der Waals surface area (Å²) in [4.78, 5) is 26.9. The Hall–Kier alpha value is -3.22. The van der Waals surface area contributed by atoms with Crippen LogP contribution in [0.15, 0.2) is 47.5 Å². The fourth-order valence-electron chi connectivity index (χ4n) is 4.03. The number of carbonyl (C=O) groups is 2. The van der Waals surface area contributed by atoms with Crippen LogP contribution in [-0.2, 0) is 17.5 Å². The van der Waals surface area contributed by atoms with Gasteiger partial charge < -0.3 is 10.4 Å². The first-order valence-electron chi connectivity index (χ1n) is 12.3. The van der Waals surface area contributed by atoms with E-state index in [2.05, 4.69) is 10.4 Å². The number of carbonyl (C=O) groups excluding carboxylic acids is 2. The number of nitrogens with zero attached hydrogens (tertiary/aromatic N) is 3. The van der Waals surface area contributed by atoms with Gasteiger partial charge in [0.2, 0.25) is 0 Å². The maximum atomic E-state index is 13.4. The molecule has 1 saturated heterocycles. The van der Waals surface area contributed by atoms with Gasteiger partial charge in [0.25, 0.3) is 11.1 Å². The third-order valence-electron chi connectivity index (χ3n) is 5.76. The van der Waals surface area contributed by atoms with Crippen LogP contribution in [0.2, 0.25) is 0 Å². The number of hydrogen-bond donors (Lipinski definition) is 2. The lowest BCUT2D eigenvalue weighted by Gasteiger charge is -2.23. The second-order valence-electron chi connectivity index (χ2n) is 8.09. The molecule has 1 aromatic heterocycles. The molecule has 1 fully saturated rings. The largest absolute Gasteiger partial charge is 0.416 e. The number of amides is 2. The maximum Gasteiger partial charge on any atom is 0.416 e. The molecule has 1 atom stereocenters. The molecule has 212 valence electrons. The number of fused-ring (bicyclic) bond motifs is 1. The fraction of sp³-hybridized carbons (Fsp3) is 0.370. The number of aliphatic hydroxyl groups excluding tert-OH is 1. The Morgan fingerprint density at radius 2 is 1.82 bits per heavy atom. The highest BCUT2D eigenvalue weighted by atomic mass is 32.2. The van der Waals surface area contributed by atoms with Crippen molar-refractivity contribution in [1.29, 1.82) is 0 Å². The number of aromatic nitrogens is 2. The number of alkyl halides is 3. The van der Waals surface area contributed by atoms with Gasteiger partial charge in [-0.3, -0.25) is 19.2 Å². The van der Waals surface area contributed by atoms with Crippen molar-refractivity contribution in [2.45, 2.75) is 46.0 Å². The number of hydrogen-bond acceptors (Lipinski definition) is 6. The minimum absolute atomic E-state index is 0.103. The van der Waals surface area contributed by atoms with Crippen LogP contribution in [-0.4, -0.2) is 57.7 Å². The monoisotopic (exact) mass is 568 g/mol. The molecule has 39 heavy (non-hydrogen) atoms. The van der Waals surface area contributed by atoms with Crippen molar-refractivity contribution in [2.24, 2.45) is 0 Å². The Bertz CT molecular complexity index is 1320. The average Bonchev–Trinajstić information content (AvgIpc) is 3.44. The molecule has 3 aromatic rings. The number of rotatable bonds is 7. The van der Waals surface area contributed by atoms with Crippen LogP contribution < -0.4 is 5.32 Å². The number of nitrogens with one attached hydrogen (secondary N) is 1. The van der Waals surface area contributed by atoms with E-state index in [0.29, 0.717) is 40.4 Å². The Labute approximate surface area is 228 Å². The summed E-state index contributed by atoms with van der Waals surface area (Å²) in [5.41, 5.74) is 0.0839. The van der Waals surface area contributed by atoms with Gasteiger partial charge in [0.15, 0.2) is 0 Å². The molecular weight excluding hydrogens is 536 g/mol. The van der Waals surface area contributed by atoms with Gasteiger partial charge in [0.05, 0.1) is 34.8 Å². The Morgan fingerprint density at radius 1 is 1.13 bits per heavy atom. The lowest BCUT2D eigenvalue weighted by molar-refractivity contribution is -0.138. The third kappa shape index (κ3) is 7.46. The number of thioether (sulfide) groups is 1. The van der Waals surface area contributed by atoms with E-state index in [1.807, 2.05) is 20.8 Å². The molecule has 4 rings (SSSR count). The van der Waals surface area contributed by atoms with Gasteiger partial charge in [0, 0.05) is 19.0 Å². The summed E-state index contributed by atoms with van der Waals surface area (Å²) in [6.45, 7) is 6.21. The second-order valence-corrected chi connectivity index (χ2v) is 9.08. The van der Waals surface area contributed by atoms with Gasteiger partial charge >= 0.3 is 6.18 Å². The molecular formula is C27H32F4N4O3S. The predicted molar refractivity (Wildman–Crippen MR) is 146 cm³/mol. The Kier molecular flexibility index (Phi) is 11.7. The zero-order valence-electron chi connectivity index (χ0n) is 22.3. The molecule has 12 heteroatoms. The van der Waals surface area contributed by atoms with Crippen LogP contribution in [0, 0.1) is 5.82 Å². The first kappa shape index (κ1) is 32.0. The normalized spacial score (nSPS) is 15.2. The van der Waals surface area contributed by atoms with E-state index in [0.717, 1.165) is 31.0 Å². The summed E-state index contributed by atoms with van der Waals surface area (Å²) in [5.74, 6) is -1.31. The quantitative estimate of drug-likeness (QED) is 0.272. The van der Waals surface area contributed by atoms with E-state index >= 15 is 0 Å². The molecule has 0 radical (unpaired) electrons. The number of likely N-dealkylation sites (N-methyl/N-ethyl adjacent to an activating group) is 1. The molecule has 1 aliphatic rings. The molecule has 0 bridgehead atoms. The van der Waals surface area contributed by atoms with Gasteiger partial charge in [-0.2, -0.15) is 18.3 Å². The summed E-state index contributed by atoms with van der Waals surface area (Å²) < 4.78 is 54.9. The summed E-state index contributed by atoms with van der Waals surface area (Å²) in [5, 5.41) is 14.5. The number of imide groups is 1. The van der Waals surface area contributed by atoms with Crippen molar-refractivity contribution in [2.75, 3.05) is 20.7 Å². The first-order valence-corrected chi connectivity index (χ1v) is 13.1. The first-order chi connectivity index (χ1) is 18.6.